The molecule has 0 radical (unpaired) electrons. The molecule has 6 nitrogen and oxygen atoms in total. The number of nitrogens with one attached hydrogen (secondary N) is 1. The number of hydrogen-bond donors (Lipinski definition) is 1. The van der Waals surface area contributed by atoms with Crippen LogP contribution in [0.5, 0.6) is 5.75 Å². The van der Waals surface area contributed by atoms with Crippen molar-refractivity contribution in [1.29, 1.82) is 0 Å². The number of hydrogen-bond acceptors (Lipinski definition) is 6. The first kappa shape index (κ1) is 22.1. The van der Waals surface area contributed by atoms with Crippen molar-refractivity contribution < 1.29 is 23.8 Å². The first-order chi connectivity index (χ1) is 14.2. The van der Waals surface area contributed by atoms with Crippen LogP contribution in [0.1, 0.15) is 57.6 Å². The van der Waals surface area contributed by atoms with Crippen LogP contribution in [0.3, 0.4) is 0 Å². The van der Waals surface area contributed by atoms with Crippen LogP contribution in [0, 0.1) is 5.41 Å². The Morgan fingerprint density at radius 3 is 2.60 bits per heavy atom. The average molecular weight is 414 g/mol. The number of ether oxygens (including phenoxy) is 3. The molecular formula is C24H31NO5. The first-order valence-electron chi connectivity index (χ1n) is 10.3. The molecule has 1 aliphatic carbocycles. The van der Waals surface area contributed by atoms with E-state index in [1.165, 1.54) is 0 Å². The van der Waals surface area contributed by atoms with Gasteiger partial charge in [-0.25, -0.2) is 4.79 Å². The largest absolute Gasteiger partial charge is 0.496 e. The van der Waals surface area contributed by atoms with Crippen LogP contribution >= 0.6 is 0 Å². The summed E-state index contributed by atoms with van der Waals surface area (Å²) in [4.78, 5) is 26.2. The summed E-state index contributed by atoms with van der Waals surface area (Å²) >= 11 is 0. The lowest BCUT2D eigenvalue weighted by Crippen LogP contribution is -2.38. The maximum atomic E-state index is 13.3. The van der Waals surface area contributed by atoms with Crippen LogP contribution in [-0.4, -0.2) is 32.6 Å². The maximum Gasteiger partial charge on any atom is 0.336 e. The number of benzene rings is 1. The fraction of sp³-hybridized carbons (Fsp3) is 0.500. The molecule has 0 amide bonds. The molecule has 2 aliphatic rings. The molecular weight excluding hydrogens is 382 g/mol. The molecule has 0 unspecified atom stereocenters. The predicted molar refractivity (Wildman–Crippen MR) is 114 cm³/mol. The highest BCUT2D eigenvalue weighted by atomic mass is 16.5. The molecule has 1 heterocycles. The zero-order valence-corrected chi connectivity index (χ0v) is 18.7. The minimum Gasteiger partial charge on any atom is -0.496 e. The summed E-state index contributed by atoms with van der Waals surface area (Å²) in [6.45, 7) is 8.47. The summed E-state index contributed by atoms with van der Waals surface area (Å²) in [7, 11) is 3.23. The van der Waals surface area contributed by atoms with E-state index in [9.17, 15) is 9.59 Å². The molecule has 1 atom stereocenters. The lowest BCUT2D eigenvalue weighted by atomic mass is 9.68. The average Bonchev–Trinajstić information content (AvgIpc) is 2.66. The SMILES string of the molecule is CCOC(=O)C1=C(C)NC2=C(C(=O)CC(C)(C)C2)[C@@H]1c1ccc(OC)c(COC)c1. The van der Waals surface area contributed by atoms with Gasteiger partial charge in [0.1, 0.15) is 5.75 Å². The van der Waals surface area contributed by atoms with Crippen molar-refractivity contribution in [3.8, 4) is 5.75 Å². The Morgan fingerprint density at radius 1 is 1.23 bits per heavy atom. The standard InChI is InChI=1S/C24H31NO5/c1-7-30-23(27)20-14(2)25-17-11-24(3,4)12-18(26)22(17)21(20)15-8-9-19(29-6)16(10-15)13-28-5/h8-10,21,25H,7,11-13H2,1-6H3/t21-/m1/s1. The third kappa shape index (κ3) is 4.15. The second kappa shape index (κ2) is 8.64. The van der Waals surface area contributed by atoms with Gasteiger partial charge in [0.15, 0.2) is 5.78 Å². The Morgan fingerprint density at radius 2 is 1.97 bits per heavy atom. The highest BCUT2D eigenvalue weighted by Crippen LogP contribution is 2.47. The Kier molecular flexibility index (Phi) is 6.36. The minimum atomic E-state index is -0.481. The van der Waals surface area contributed by atoms with E-state index in [0.717, 1.165) is 28.9 Å². The van der Waals surface area contributed by atoms with Crippen LogP contribution in [-0.2, 0) is 25.7 Å². The third-order valence-corrected chi connectivity index (χ3v) is 5.67. The topological polar surface area (TPSA) is 73.9 Å². The summed E-state index contributed by atoms with van der Waals surface area (Å²) in [6.07, 6.45) is 1.19. The highest BCUT2D eigenvalue weighted by Gasteiger charge is 2.43. The van der Waals surface area contributed by atoms with Gasteiger partial charge in [0.05, 0.1) is 25.9 Å². The van der Waals surface area contributed by atoms with Gasteiger partial charge in [-0.1, -0.05) is 19.9 Å². The molecule has 0 fully saturated rings. The number of carbonyl (C=O) groups excluding carboxylic acids is 2. The number of dihydropyridines is 1. The highest BCUT2D eigenvalue weighted by molar-refractivity contribution is 6.04. The predicted octanol–water partition coefficient (Wildman–Crippen LogP) is 4.01. The van der Waals surface area contributed by atoms with Gasteiger partial charge >= 0.3 is 5.97 Å². The molecule has 0 aromatic heterocycles. The second-order valence-electron chi connectivity index (χ2n) is 8.65. The maximum absolute atomic E-state index is 13.3. The fourth-order valence-corrected chi connectivity index (χ4v) is 4.50. The summed E-state index contributed by atoms with van der Waals surface area (Å²) in [5, 5.41) is 3.34. The van der Waals surface area contributed by atoms with Crippen molar-refractivity contribution in [2.45, 2.75) is 53.1 Å². The van der Waals surface area contributed by atoms with Crippen molar-refractivity contribution in [3.05, 3.63) is 51.9 Å². The molecule has 1 aromatic rings. The number of Topliss-reactive ketones (excluding diaryl/α,β-unsaturated/α-hetero) is 1. The number of allylic oxidation sites excluding steroid dienone is 3. The molecule has 0 spiro atoms. The van der Waals surface area contributed by atoms with Gasteiger partial charge in [0, 0.05) is 42.0 Å². The van der Waals surface area contributed by atoms with Crippen LogP contribution in [0.2, 0.25) is 0 Å². The molecule has 6 heteroatoms. The van der Waals surface area contributed by atoms with Crippen molar-refractivity contribution in [2.75, 3.05) is 20.8 Å². The van der Waals surface area contributed by atoms with Crippen molar-refractivity contribution in [1.82, 2.24) is 5.32 Å². The summed E-state index contributed by atoms with van der Waals surface area (Å²) in [5.41, 5.74) is 4.36. The molecule has 1 aromatic carbocycles. The zero-order chi connectivity index (χ0) is 22.1. The monoisotopic (exact) mass is 413 g/mol. The van der Waals surface area contributed by atoms with Gasteiger partial charge in [0.25, 0.3) is 0 Å². The van der Waals surface area contributed by atoms with E-state index in [-0.39, 0.29) is 17.8 Å². The first-order valence-corrected chi connectivity index (χ1v) is 10.3. The number of esters is 1. The van der Waals surface area contributed by atoms with Crippen LogP contribution in [0.25, 0.3) is 0 Å². The van der Waals surface area contributed by atoms with Crippen molar-refractivity contribution in [2.24, 2.45) is 5.41 Å². The Labute approximate surface area is 178 Å². The Hall–Kier alpha value is -2.60. The third-order valence-electron chi connectivity index (χ3n) is 5.67. The Balaban J connectivity index is 2.20. The minimum absolute atomic E-state index is 0.0668. The van der Waals surface area contributed by atoms with Gasteiger partial charge in [-0.2, -0.15) is 0 Å². The van der Waals surface area contributed by atoms with Gasteiger partial charge < -0.3 is 19.5 Å². The molecule has 0 saturated heterocycles. The van der Waals surface area contributed by atoms with E-state index in [2.05, 4.69) is 19.2 Å². The zero-order valence-electron chi connectivity index (χ0n) is 18.7. The number of carbonyl (C=O) groups is 2. The summed E-state index contributed by atoms with van der Waals surface area (Å²) in [6, 6.07) is 5.74. The number of rotatable bonds is 6. The normalized spacial score (nSPS) is 20.6. The van der Waals surface area contributed by atoms with Gasteiger partial charge in [-0.05, 0) is 43.4 Å². The molecule has 1 aliphatic heterocycles. The molecule has 30 heavy (non-hydrogen) atoms. The quantitative estimate of drug-likeness (QED) is 0.711. The molecule has 162 valence electrons. The Bertz CT molecular complexity index is 926. The van der Waals surface area contributed by atoms with E-state index in [0.29, 0.717) is 29.9 Å². The summed E-state index contributed by atoms with van der Waals surface area (Å²) in [5.74, 6) is -0.110. The fourth-order valence-electron chi connectivity index (χ4n) is 4.50. The molecule has 3 rings (SSSR count). The van der Waals surface area contributed by atoms with Gasteiger partial charge in [0.2, 0.25) is 0 Å². The van der Waals surface area contributed by atoms with Crippen LogP contribution in [0.4, 0.5) is 0 Å². The van der Waals surface area contributed by atoms with E-state index in [1.807, 2.05) is 25.1 Å². The lowest BCUT2D eigenvalue weighted by molar-refractivity contribution is -0.138. The van der Waals surface area contributed by atoms with Crippen molar-refractivity contribution >= 4 is 11.8 Å². The van der Waals surface area contributed by atoms with E-state index < -0.39 is 11.9 Å². The lowest BCUT2D eigenvalue weighted by Gasteiger charge is -2.39. The van der Waals surface area contributed by atoms with Gasteiger partial charge in [-0.15, -0.1) is 0 Å². The smallest absolute Gasteiger partial charge is 0.336 e. The van der Waals surface area contributed by atoms with Gasteiger partial charge in [-0.3, -0.25) is 4.79 Å². The number of ketones is 1. The van der Waals surface area contributed by atoms with Crippen LogP contribution in [0.15, 0.2) is 40.7 Å². The van der Waals surface area contributed by atoms with E-state index in [1.54, 1.807) is 21.1 Å². The summed E-state index contributed by atoms with van der Waals surface area (Å²) < 4.78 is 16.1. The molecule has 0 saturated carbocycles. The van der Waals surface area contributed by atoms with Crippen molar-refractivity contribution in [3.63, 3.8) is 0 Å². The van der Waals surface area contributed by atoms with E-state index in [4.69, 9.17) is 14.2 Å². The molecule has 0 bridgehead atoms. The second-order valence-corrected chi connectivity index (χ2v) is 8.65. The molecule has 1 N–H and O–H groups in total. The van der Waals surface area contributed by atoms with E-state index >= 15 is 0 Å². The number of methoxy groups -OCH3 is 2. The van der Waals surface area contributed by atoms with Crippen LogP contribution < -0.4 is 10.1 Å².